The van der Waals surface area contributed by atoms with E-state index in [0.717, 1.165) is 25.0 Å². The van der Waals surface area contributed by atoms with Crippen LogP contribution in [0.4, 0.5) is 0 Å². The molecule has 0 spiro atoms. The van der Waals surface area contributed by atoms with Gasteiger partial charge in [-0.05, 0) is 67.1 Å². The maximum Gasteiger partial charge on any atom is 0.250 e. The topological polar surface area (TPSA) is 26.3 Å². The van der Waals surface area contributed by atoms with E-state index in [1.165, 1.54) is 18.4 Å². The van der Waals surface area contributed by atoms with Crippen LogP contribution in [0.15, 0.2) is 30.3 Å². The van der Waals surface area contributed by atoms with Gasteiger partial charge in [0.05, 0.1) is 0 Å². The molecule has 1 aromatic carbocycles. The van der Waals surface area contributed by atoms with E-state index in [9.17, 15) is 4.79 Å². The first-order valence-corrected chi connectivity index (χ1v) is 14.4. The summed E-state index contributed by atoms with van der Waals surface area (Å²) in [7, 11) is -1.87. The molecule has 0 N–H and O–H groups in total. The smallest absolute Gasteiger partial charge is 0.250 e. The predicted molar refractivity (Wildman–Crippen MR) is 126 cm³/mol. The Kier molecular flexibility index (Phi) is 6.20. The minimum absolute atomic E-state index is 0.179. The molecule has 3 heteroatoms. The quantitative estimate of drug-likeness (QED) is 0.468. The molecule has 2 unspecified atom stereocenters. The molecule has 2 saturated carbocycles. The first kappa shape index (κ1) is 22.3. The number of hydrogen-bond donors (Lipinski definition) is 0. The van der Waals surface area contributed by atoms with Crippen molar-refractivity contribution in [2.24, 2.45) is 23.2 Å². The van der Waals surface area contributed by atoms with Crippen LogP contribution in [-0.2, 0) is 4.79 Å². The van der Waals surface area contributed by atoms with Crippen molar-refractivity contribution in [3.8, 4) is 5.75 Å². The van der Waals surface area contributed by atoms with Gasteiger partial charge in [0, 0.05) is 17.9 Å². The Morgan fingerprint density at radius 3 is 2.59 bits per heavy atom. The molecule has 0 bridgehead atoms. The molecule has 2 aliphatic carbocycles. The molecule has 0 heterocycles. The summed E-state index contributed by atoms with van der Waals surface area (Å²) in [4.78, 5) is 12.5. The number of allylic oxidation sites excluding steroid dienone is 1. The van der Waals surface area contributed by atoms with Gasteiger partial charge in [-0.3, -0.25) is 4.79 Å². The first-order chi connectivity index (χ1) is 13.5. The number of hydrogen-bond acceptors (Lipinski definition) is 2. The normalized spacial score (nSPS) is 29.1. The second-order valence-electron chi connectivity index (χ2n) is 11.2. The van der Waals surface area contributed by atoms with E-state index in [-0.39, 0.29) is 10.5 Å². The van der Waals surface area contributed by atoms with Crippen LogP contribution in [0.25, 0.3) is 6.08 Å². The summed E-state index contributed by atoms with van der Waals surface area (Å²) in [5, 5.41) is 0.179. The summed E-state index contributed by atoms with van der Waals surface area (Å²) in [6.45, 7) is 16.2. The Morgan fingerprint density at radius 2 is 1.90 bits per heavy atom. The molecule has 4 atom stereocenters. The third-order valence-corrected chi connectivity index (χ3v) is 12.6. The first-order valence-electron chi connectivity index (χ1n) is 11.4. The number of fused-ring (bicyclic) bond motifs is 1. The highest BCUT2D eigenvalue weighted by Crippen LogP contribution is 2.56. The van der Waals surface area contributed by atoms with Crippen LogP contribution in [0.5, 0.6) is 5.75 Å². The Bertz CT molecular complexity index is 773. The van der Waals surface area contributed by atoms with Crippen LogP contribution in [0.1, 0.15) is 72.3 Å². The van der Waals surface area contributed by atoms with Crippen molar-refractivity contribution in [2.45, 2.75) is 84.9 Å². The summed E-state index contributed by atoms with van der Waals surface area (Å²) in [6, 6.07) is 8.43. The maximum atomic E-state index is 12.5. The Labute approximate surface area is 179 Å². The van der Waals surface area contributed by atoms with Crippen molar-refractivity contribution in [1.29, 1.82) is 0 Å². The van der Waals surface area contributed by atoms with Gasteiger partial charge >= 0.3 is 0 Å². The number of benzene rings is 1. The molecule has 0 amide bonds. The van der Waals surface area contributed by atoms with Crippen molar-refractivity contribution in [2.75, 3.05) is 0 Å². The van der Waals surface area contributed by atoms with Crippen LogP contribution in [-0.4, -0.2) is 14.1 Å². The van der Waals surface area contributed by atoms with Crippen molar-refractivity contribution in [1.82, 2.24) is 0 Å². The Balaban J connectivity index is 1.78. The van der Waals surface area contributed by atoms with Gasteiger partial charge in [-0.1, -0.05) is 65.0 Å². The molecule has 160 valence electrons. The zero-order valence-electron chi connectivity index (χ0n) is 19.5. The molecular weight excluding hydrogens is 372 g/mol. The number of para-hydroxylation sites is 1. The molecule has 2 fully saturated rings. The van der Waals surface area contributed by atoms with E-state index in [0.29, 0.717) is 23.5 Å². The van der Waals surface area contributed by atoms with Crippen LogP contribution >= 0.6 is 0 Å². The predicted octanol–water partition coefficient (Wildman–Crippen LogP) is 7.51. The number of rotatable bonds is 5. The Hall–Kier alpha value is -1.35. The van der Waals surface area contributed by atoms with Crippen molar-refractivity contribution >= 4 is 20.2 Å². The van der Waals surface area contributed by atoms with E-state index in [4.69, 9.17) is 4.43 Å². The lowest BCUT2D eigenvalue weighted by Gasteiger charge is -2.41. The third kappa shape index (κ3) is 4.40. The summed E-state index contributed by atoms with van der Waals surface area (Å²) >= 11 is 0. The fraction of sp³-hybridized carbons (Fsp3) is 0.654. The summed E-state index contributed by atoms with van der Waals surface area (Å²) in [6.07, 6.45) is 9.97. The molecule has 0 saturated heterocycles. The summed E-state index contributed by atoms with van der Waals surface area (Å²) in [5.41, 5.74) is 1.36. The van der Waals surface area contributed by atoms with Gasteiger partial charge in [-0.15, -0.1) is 0 Å². The van der Waals surface area contributed by atoms with Crippen molar-refractivity contribution in [3.63, 3.8) is 0 Å². The monoisotopic (exact) mass is 412 g/mol. The SMILES string of the molecule is C[C@H](/C=C/c1ccccc1O[Si](C)(C)C(C)(C)C)C1CCC2C(=O)CCC[C@@]21C. The average molecular weight is 413 g/mol. The molecule has 0 aromatic heterocycles. The van der Waals surface area contributed by atoms with Crippen LogP contribution in [0.3, 0.4) is 0 Å². The van der Waals surface area contributed by atoms with Gasteiger partial charge in [0.25, 0.3) is 8.32 Å². The fourth-order valence-corrected chi connectivity index (χ4v) is 6.40. The third-order valence-electron chi connectivity index (χ3n) is 8.24. The van der Waals surface area contributed by atoms with Gasteiger partial charge in [0.2, 0.25) is 0 Å². The minimum atomic E-state index is -1.87. The highest BCUT2D eigenvalue weighted by molar-refractivity contribution is 6.74. The van der Waals surface area contributed by atoms with E-state index in [1.807, 2.05) is 0 Å². The lowest BCUT2D eigenvalue weighted by atomic mass is 9.62. The van der Waals surface area contributed by atoms with Gasteiger partial charge in [-0.2, -0.15) is 0 Å². The van der Waals surface area contributed by atoms with E-state index in [2.05, 4.69) is 84.1 Å². The molecule has 2 aliphatic rings. The van der Waals surface area contributed by atoms with Gasteiger partial charge < -0.3 is 4.43 Å². The second-order valence-corrected chi connectivity index (χ2v) is 15.9. The van der Waals surface area contributed by atoms with Gasteiger partial charge in [0.15, 0.2) is 0 Å². The molecular formula is C26H40O2Si. The van der Waals surface area contributed by atoms with Gasteiger partial charge in [-0.25, -0.2) is 0 Å². The summed E-state index contributed by atoms with van der Waals surface area (Å²) < 4.78 is 6.62. The van der Waals surface area contributed by atoms with E-state index < -0.39 is 8.32 Å². The maximum absolute atomic E-state index is 12.5. The Morgan fingerprint density at radius 1 is 1.21 bits per heavy atom. The van der Waals surface area contributed by atoms with E-state index >= 15 is 0 Å². The van der Waals surface area contributed by atoms with Crippen molar-refractivity contribution in [3.05, 3.63) is 35.9 Å². The minimum Gasteiger partial charge on any atom is -0.543 e. The summed E-state index contributed by atoms with van der Waals surface area (Å²) in [5.74, 6) is 2.89. The molecule has 0 aliphatic heterocycles. The lowest BCUT2D eigenvalue weighted by molar-refractivity contribution is -0.129. The zero-order valence-corrected chi connectivity index (χ0v) is 20.5. The zero-order chi connectivity index (χ0) is 21.4. The van der Waals surface area contributed by atoms with Crippen LogP contribution in [0, 0.1) is 23.2 Å². The number of Topliss-reactive ketones (excluding diaryl/α,β-unsaturated/α-hetero) is 1. The van der Waals surface area contributed by atoms with Crippen molar-refractivity contribution < 1.29 is 9.22 Å². The fourth-order valence-electron chi connectivity index (χ4n) is 5.36. The lowest BCUT2D eigenvalue weighted by Crippen LogP contribution is -2.44. The highest BCUT2D eigenvalue weighted by atomic mass is 28.4. The number of carbonyl (C=O) groups excluding carboxylic acids is 1. The molecule has 0 radical (unpaired) electrons. The average Bonchev–Trinajstić information content (AvgIpc) is 2.98. The highest BCUT2D eigenvalue weighted by Gasteiger charge is 2.52. The van der Waals surface area contributed by atoms with E-state index in [1.54, 1.807) is 0 Å². The molecule has 1 aromatic rings. The van der Waals surface area contributed by atoms with Crippen LogP contribution < -0.4 is 4.43 Å². The largest absolute Gasteiger partial charge is 0.543 e. The molecule has 29 heavy (non-hydrogen) atoms. The number of ketones is 1. The second kappa shape index (κ2) is 8.06. The standard InChI is InChI=1S/C26H40O2Si/c1-19(21-16-17-22-23(27)12-10-18-26(21,22)5)14-15-20-11-8-9-13-24(20)28-29(6,7)25(2,3)4/h8-9,11,13-15,19,21-22H,10,12,16-18H2,1-7H3/b15-14+/t19-,21?,22?,26-/m1/s1. The molecule has 3 rings (SSSR count). The number of carbonyl (C=O) groups is 1. The molecule has 2 nitrogen and oxygen atoms in total. The van der Waals surface area contributed by atoms with Crippen LogP contribution in [0.2, 0.25) is 18.1 Å². The van der Waals surface area contributed by atoms with Gasteiger partial charge in [0.1, 0.15) is 11.5 Å².